The SMILES string of the molecule is COc1cccc(/C(O)=C2/C(=O)C(=O)N(Cc3ccc(F)cc3)C2c2ccccc2F)c1. The van der Waals surface area contributed by atoms with Crippen LogP contribution in [0.5, 0.6) is 5.75 Å². The van der Waals surface area contributed by atoms with Gasteiger partial charge in [0.25, 0.3) is 11.7 Å². The highest BCUT2D eigenvalue weighted by atomic mass is 19.1. The number of benzene rings is 3. The van der Waals surface area contributed by atoms with Gasteiger partial charge >= 0.3 is 0 Å². The number of carbonyl (C=O) groups excluding carboxylic acids is 2. The molecular formula is C25H19F2NO4. The van der Waals surface area contributed by atoms with Crippen molar-refractivity contribution < 1.29 is 28.2 Å². The average molecular weight is 435 g/mol. The highest BCUT2D eigenvalue weighted by Gasteiger charge is 2.46. The van der Waals surface area contributed by atoms with E-state index in [1.807, 2.05) is 0 Å². The molecule has 1 aliphatic rings. The van der Waals surface area contributed by atoms with E-state index < -0.39 is 35.1 Å². The topological polar surface area (TPSA) is 66.8 Å². The molecule has 1 atom stereocenters. The van der Waals surface area contributed by atoms with E-state index in [1.165, 1.54) is 60.5 Å². The van der Waals surface area contributed by atoms with E-state index in [4.69, 9.17) is 4.74 Å². The lowest BCUT2D eigenvalue weighted by Crippen LogP contribution is -2.29. The fourth-order valence-corrected chi connectivity index (χ4v) is 3.78. The second-order valence-electron chi connectivity index (χ2n) is 7.31. The third kappa shape index (κ3) is 3.85. The van der Waals surface area contributed by atoms with Crippen LogP contribution in [-0.4, -0.2) is 28.8 Å². The van der Waals surface area contributed by atoms with Crippen molar-refractivity contribution in [1.82, 2.24) is 4.90 Å². The predicted molar refractivity (Wildman–Crippen MR) is 114 cm³/mol. The molecule has 0 saturated carbocycles. The molecule has 0 aromatic heterocycles. The number of rotatable bonds is 5. The van der Waals surface area contributed by atoms with Crippen LogP contribution in [0.2, 0.25) is 0 Å². The third-order valence-corrected chi connectivity index (χ3v) is 5.35. The van der Waals surface area contributed by atoms with E-state index in [2.05, 4.69) is 0 Å². The van der Waals surface area contributed by atoms with Crippen LogP contribution in [0.25, 0.3) is 5.76 Å². The van der Waals surface area contributed by atoms with Crippen molar-refractivity contribution in [2.24, 2.45) is 0 Å². The number of likely N-dealkylation sites (tertiary alicyclic amines) is 1. The number of halogens is 2. The number of aliphatic hydroxyl groups excluding tert-OH is 1. The highest BCUT2D eigenvalue weighted by molar-refractivity contribution is 6.46. The minimum atomic E-state index is -1.16. The molecule has 1 heterocycles. The Kier molecular flexibility index (Phi) is 5.73. The van der Waals surface area contributed by atoms with E-state index in [0.717, 1.165) is 0 Å². The molecule has 5 nitrogen and oxygen atoms in total. The van der Waals surface area contributed by atoms with E-state index in [1.54, 1.807) is 24.3 Å². The summed E-state index contributed by atoms with van der Waals surface area (Å²) in [6, 6.07) is 16.4. The van der Waals surface area contributed by atoms with Crippen LogP contribution >= 0.6 is 0 Å². The smallest absolute Gasteiger partial charge is 0.295 e. The number of carbonyl (C=O) groups is 2. The van der Waals surface area contributed by atoms with Crippen molar-refractivity contribution >= 4 is 17.4 Å². The van der Waals surface area contributed by atoms with E-state index >= 15 is 0 Å². The molecule has 1 N–H and O–H groups in total. The molecule has 0 bridgehead atoms. The number of ketones is 1. The van der Waals surface area contributed by atoms with E-state index in [-0.39, 0.29) is 23.2 Å². The second-order valence-corrected chi connectivity index (χ2v) is 7.31. The van der Waals surface area contributed by atoms with Crippen molar-refractivity contribution in [1.29, 1.82) is 0 Å². The number of hydrogen-bond acceptors (Lipinski definition) is 4. The summed E-state index contributed by atoms with van der Waals surface area (Å²) in [5.41, 5.74) is 0.648. The molecular weight excluding hydrogens is 416 g/mol. The molecule has 1 saturated heterocycles. The molecule has 4 rings (SSSR count). The summed E-state index contributed by atoms with van der Waals surface area (Å²) in [6.07, 6.45) is 0. The third-order valence-electron chi connectivity index (χ3n) is 5.35. The standard InChI is InChI=1S/C25H19F2NO4/c1-32-18-6-4-5-16(13-18)23(29)21-22(19-7-2-3-8-20(19)27)28(25(31)24(21)30)14-15-9-11-17(26)12-10-15/h2-13,22,29H,14H2,1H3/b23-21-. The van der Waals surface area contributed by atoms with Crippen LogP contribution in [0, 0.1) is 11.6 Å². The Hall–Kier alpha value is -4.00. The first-order valence-electron chi connectivity index (χ1n) is 9.82. The van der Waals surface area contributed by atoms with Crippen molar-refractivity contribution in [3.05, 3.63) is 107 Å². The molecule has 162 valence electrons. The summed E-state index contributed by atoms with van der Waals surface area (Å²) in [6.45, 7) is -0.0707. The Morgan fingerprint density at radius 3 is 2.41 bits per heavy atom. The number of Topliss-reactive ketones (excluding diaryl/α,β-unsaturated/α-hetero) is 1. The molecule has 1 fully saturated rings. The fraction of sp³-hybridized carbons (Fsp3) is 0.120. The molecule has 1 amide bonds. The van der Waals surface area contributed by atoms with Gasteiger partial charge in [0.15, 0.2) is 0 Å². The Labute approximate surface area is 183 Å². The lowest BCUT2D eigenvalue weighted by molar-refractivity contribution is -0.140. The Morgan fingerprint density at radius 1 is 1.00 bits per heavy atom. The van der Waals surface area contributed by atoms with Gasteiger partial charge in [-0.25, -0.2) is 8.78 Å². The largest absolute Gasteiger partial charge is 0.507 e. The number of hydrogen-bond donors (Lipinski definition) is 1. The summed E-state index contributed by atoms with van der Waals surface area (Å²) in [5, 5.41) is 11.0. The fourth-order valence-electron chi connectivity index (χ4n) is 3.78. The first kappa shape index (κ1) is 21.2. The highest BCUT2D eigenvalue weighted by Crippen LogP contribution is 2.41. The van der Waals surface area contributed by atoms with Crippen molar-refractivity contribution in [3.8, 4) is 5.75 Å². The summed E-state index contributed by atoms with van der Waals surface area (Å²) >= 11 is 0. The molecule has 1 unspecified atom stereocenters. The lowest BCUT2D eigenvalue weighted by Gasteiger charge is -2.25. The number of methoxy groups -OCH3 is 1. The molecule has 0 radical (unpaired) electrons. The van der Waals surface area contributed by atoms with Gasteiger partial charge in [0.2, 0.25) is 0 Å². The number of ether oxygens (including phenoxy) is 1. The Bertz CT molecular complexity index is 1220. The van der Waals surface area contributed by atoms with Gasteiger partial charge in [0.05, 0.1) is 18.7 Å². The van der Waals surface area contributed by atoms with Crippen LogP contribution in [0.15, 0.2) is 78.4 Å². The summed E-state index contributed by atoms with van der Waals surface area (Å²) in [5.74, 6) is -2.87. The van der Waals surface area contributed by atoms with Crippen molar-refractivity contribution in [2.45, 2.75) is 12.6 Å². The minimum Gasteiger partial charge on any atom is -0.507 e. The molecule has 0 aliphatic carbocycles. The van der Waals surface area contributed by atoms with E-state index in [9.17, 15) is 23.5 Å². The normalized spacial score (nSPS) is 17.6. The summed E-state index contributed by atoms with van der Waals surface area (Å²) < 4.78 is 33.3. The lowest BCUT2D eigenvalue weighted by atomic mass is 9.94. The van der Waals surface area contributed by atoms with Gasteiger partial charge in [-0.05, 0) is 35.9 Å². The van der Waals surface area contributed by atoms with Crippen LogP contribution in [0.3, 0.4) is 0 Å². The van der Waals surface area contributed by atoms with Crippen LogP contribution in [0.4, 0.5) is 8.78 Å². The van der Waals surface area contributed by atoms with Gasteiger partial charge in [-0.1, -0.05) is 42.5 Å². The van der Waals surface area contributed by atoms with Crippen LogP contribution < -0.4 is 4.74 Å². The van der Waals surface area contributed by atoms with Crippen molar-refractivity contribution in [3.63, 3.8) is 0 Å². The molecule has 32 heavy (non-hydrogen) atoms. The van der Waals surface area contributed by atoms with Gasteiger partial charge in [-0.3, -0.25) is 9.59 Å². The number of amides is 1. The average Bonchev–Trinajstić information content (AvgIpc) is 3.05. The van der Waals surface area contributed by atoms with Gasteiger partial charge in [0.1, 0.15) is 23.1 Å². The van der Waals surface area contributed by atoms with Gasteiger partial charge in [-0.15, -0.1) is 0 Å². The second kappa shape index (κ2) is 8.63. The Morgan fingerprint density at radius 2 is 1.72 bits per heavy atom. The minimum absolute atomic E-state index is 0.0678. The van der Waals surface area contributed by atoms with Crippen molar-refractivity contribution in [2.75, 3.05) is 7.11 Å². The first-order chi connectivity index (χ1) is 15.4. The van der Waals surface area contributed by atoms with Gasteiger partial charge < -0.3 is 14.7 Å². The maximum atomic E-state index is 14.8. The van der Waals surface area contributed by atoms with Crippen LogP contribution in [0.1, 0.15) is 22.7 Å². The monoisotopic (exact) mass is 435 g/mol. The zero-order valence-electron chi connectivity index (χ0n) is 17.1. The zero-order chi connectivity index (χ0) is 22.8. The number of aliphatic hydroxyl groups is 1. The van der Waals surface area contributed by atoms with Gasteiger partial charge in [-0.2, -0.15) is 0 Å². The zero-order valence-corrected chi connectivity index (χ0v) is 17.1. The van der Waals surface area contributed by atoms with E-state index in [0.29, 0.717) is 11.3 Å². The number of nitrogens with zero attached hydrogens (tertiary/aromatic N) is 1. The molecule has 1 aliphatic heterocycles. The first-order valence-corrected chi connectivity index (χ1v) is 9.82. The maximum Gasteiger partial charge on any atom is 0.295 e. The maximum absolute atomic E-state index is 14.8. The molecule has 3 aromatic carbocycles. The van der Waals surface area contributed by atoms with Gasteiger partial charge in [0, 0.05) is 17.7 Å². The molecule has 3 aromatic rings. The molecule has 7 heteroatoms. The summed E-state index contributed by atoms with van der Waals surface area (Å²) in [7, 11) is 1.46. The summed E-state index contributed by atoms with van der Waals surface area (Å²) in [4.78, 5) is 27.1. The quantitative estimate of drug-likeness (QED) is 0.362. The predicted octanol–water partition coefficient (Wildman–Crippen LogP) is 4.60. The van der Waals surface area contributed by atoms with Crippen LogP contribution in [-0.2, 0) is 16.1 Å². The molecule has 0 spiro atoms. The Balaban J connectivity index is 1.87.